The molecule has 2 aromatic carbocycles. The Kier molecular flexibility index (Phi) is 11.6. The molecule has 0 fully saturated rings. The van der Waals surface area contributed by atoms with Crippen molar-refractivity contribution in [3.8, 4) is 11.8 Å². The molecule has 1 atom stereocenters. The molecule has 0 saturated heterocycles. The number of carboxylic acid groups (broad SMARTS) is 1. The molecule has 0 radical (unpaired) electrons. The van der Waals surface area contributed by atoms with E-state index in [1.165, 1.54) is 23.5 Å². The molecule has 0 aliphatic carbocycles. The second-order valence-electron chi connectivity index (χ2n) is 7.92. The smallest absolute Gasteiger partial charge is 0.327 e. The zero-order valence-electron chi connectivity index (χ0n) is 19.6. The highest BCUT2D eigenvalue weighted by atomic mass is 32.2. The van der Waals surface area contributed by atoms with Gasteiger partial charge in [-0.15, -0.1) is 0 Å². The maximum Gasteiger partial charge on any atom is 0.327 e. The van der Waals surface area contributed by atoms with Crippen LogP contribution >= 0.6 is 23.5 Å². The second-order valence-corrected chi connectivity index (χ2v) is 9.98. The fraction of sp³-hybridized carbons (Fsp3) is 0.346. The van der Waals surface area contributed by atoms with Crippen molar-refractivity contribution in [3.63, 3.8) is 0 Å². The normalized spacial score (nSPS) is 11.3. The van der Waals surface area contributed by atoms with Gasteiger partial charge in [0.05, 0.1) is 0 Å². The Morgan fingerprint density at radius 2 is 1.68 bits per heavy atom. The molecule has 2 rings (SSSR count). The number of carbonyl (C=O) groups excluding carboxylic acids is 2. The van der Waals surface area contributed by atoms with Crippen LogP contribution in [0.1, 0.15) is 35.3 Å². The van der Waals surface area contributed by atoms with E-state index in [2.05, 4.69) is 17.2 Å². The van der Waals surface area contributed by atoms with Crippen molar-refractivity contribution < 1.29 is 19.5 Å². The van der Waals surface area contributed by atoms with E-state index in [0.717, 1.165) is 16.2 Å². The first-order valence-corrected chi connectivity index (χ1v) is 13.5. The Morgan fingerprint density at radius 1 is 1.00 bits per heavy atom. The molecule has 3 amide bonds. The van der Waals surface area contributed by atoms with Gasteiger partial charge in [0.15, 0.2) is 0 Å². The third kappa shape index (κ3) is 9.16. The minimum Gasteiger partial charge on any atom is -0.480 e. The van der Waals surface area contributed by atoms with Crippen LogP contribution in [-0.4, -0.2) is 64.0 Å². The maximum atomic E-state index is 13.2. The molecule has 0 heterocycles. The zero-order chi connectivity index (χ0) is 24.9. The van der Waals surface area contributed by atoms with Crippen LogP contribution in [0.2, 0.25) is 0 Å². The molecule has 0 aliphatic heterocycles. The monoisotopic (exact) mass is 498 g/mol. The average molecular weight is 499 g/mol. The van der Waals surface area contributed by atoms with Crippen LogP contribution in [0.4, 0.5) is 4.79 Å². The Balaban J connectivity index is 2.18. The summed E-state index contributed by atoms with van der Waals surface area (Å²) in [6, 6.07) is 14.5. The number of aliphatic carboxylic acids is 1. The lowest BCUT2D eigenvalue weighted by molar-refractivity contribution is -0.138. The number of carboxylic acids is 1. The van der Waals surface area contributed by atoms with Gasteiger partial charge in [-0.2, -0.15) is 23.5 Å². The molecule has 180 valence electrons. The molecular formula is C26H30N2O4S2. The number of hydrogen-bond acceptors (Lipinski definition) is 5. The summed E-state index contributed by atoms with van der Waals surface area (Å²) in [6.45, 7) is 4.25. The van der Waals surface area contributed by atoms with Gasteiger partial charge >= 0.3 is 12.0 Å². The van der Waals surface area contributed by atoms with Crippen molar-refractivity contribution in [1.29, 1.82) is 0 Å². The number of hydrogen-bond donors (Lipinski definition) is 2. The molecule has 0 aliphatic rings. The molecule has 0 aromatic heterocycles. The molecular weight excluding hydrogens is 468 g/mol. The summed E-state index contributed by atoms with van der Waals surface area (Å²) in [5, 5.41) is 12.1. The lowest BCUT2D eigenvalue weighted by atomic mass is 10.1. The Bertz CT molecular complexity index is 1030. The number of imide groups is 1. The fourth-order valence-corrected chi connectivity index (χ4v) is 4.29. The number of nitrogens with one attached hydrogen (secondary N) is 1. The Labute approximate surface area is 209 Å². The highest BCUT2D eigenvalue weighted by Crippen LogP contribution is 2.12. The molecule has 2 aromatic rings. The van der Waals surface area contributed by atoms with Crippen LogP contribution in [-0.2, 0) is 4.79 Å². The second kappa shape index (κ2) is 14.4. The van der Waals surface area contributed by atoms with Crippen LogP contribution in [0.15, 0.2) is 54.6 Å². The predicted octanol–water partition coefficient (Wildman–Crippen LogP) is 4.44. The lowest BCUT2D eigenvalue weighted by Gasteiger charge is -2.24. The topological polar surface area (TPSA) is 86.7 Å². The number of amides is 3. The van der Waals surface area contributed by atoms with Gasteiger partial charge in [-0.25, -0.2) is 9.59 Å². The molecule has 2 N–H and O–H groups in total. The van der Waals surface area contributed by atoms with Gasteiger partial charge in [0.2, 0.25) is 0 Å². The third-order valence-corrected chi connectivity index (χ3v) is 6.64. The number of carbonyl (C=O) groups is 3. The van der Waals surface area contributed by atoms with Gasteiger partial charge in [0, 0.05) is 34.7 Å². The van der Waals surface area contributed by atoms with Gasteiger partial charge in [-0.05, 0) is 48.3 Å². The van der Waals surface area contributed by atoms with Crippen molar-refractivity contribution in [2.24, 2.45) is 5.92 Å². The summed E-state index contributed by atoms with van der Waals surface area (Å²) in [7, 11) is 0. The minimum atomic E-state index is -1.12. The van der Waals surface area contributed by atoms with E-state index in [1.807, 2.05) is 50.4 Å². The molecule has 0 unspecified atom stereocenters. The van der Waals surface area contributed by atoms with Gasteiger partial charge in [-0.3, -0.25) is 9.69 Å². The molecule has 34 heavy (non-hydrogen) atoms. The van der Waals surface area contributed by atoms with Gasteiger partial charge in [-0.1, -0.05) is 50.0 Å². The minimum absolute atomic E-state index is 0.164. The summed E-state index contributed by atoms with van der Waals surface area (Å²) in [5.41, 5.74) is 1.82. The van der Waals surface area contributed by atoms with Crippen LogP contribution in [0, 0.1) is 17.8 Å². The summed E-state index contributed by atoms with van der Waals surface area (Å²) in [6.07, 6.45) is 1.88. The van der Waals surface area contributed by atoms with E-state index in [-0.39, 0.29) is 12.3 Å². The molecule has 0 bridgehead atoms. The van der Waals surface area contributed by atoms with Crippen molar-refractivity contribution in [2.45, 2.75) is 19.9 Å². The number of thioether (sulfide) groups is 2. The standard InChI is InChI=1S/C26H30N2O4S2/c1-19(2)17-34-18-23(25(30)31)27-26(32)28(14-15-33-3)24(29)22-11-7-10-21(16-22)13-12-20-8-5-4-6-9-20/h4-11,16,19,23H,14-15,17-18H2,1-3H3,(H,27,32)(H,30,31)/t23-/m0/s1. The lowest BCUT2D eigenvalue weighted by Crippen LogP contribution is -2.51. The SMILES string of the molecule is CSCCN(C(=O)N[C@@H](CSCC(C)C)C(=O)O)C(=O)c1cccc(C#Cc2ccccc2)c1. The van der Waals surface area contributed by atoms with E-state index in [1.54, 1.807) is 24.3 Å². The number of urea groups is 1. The predicted molar refractivity (Wildman–Crippen MR) is 140 cm³/mol. The molecule has 8 heteroatoms. The van der Waals surface area contributed by atoms with Crippen LogP contribution in [0.3, 0.4) is 0 Å². The Morgan fingerprint density at radius 3 is 2.32 bits per heavy atom. The first-order valence-electron chi connectivity index (χ1n) is 10.9. The van der Waals surface area contributed by atoms with E-state index >= 15 is 0 Å². The summed E-state index contributed by atoms with van der Waals surface area (Å²) in [4.78, 5) is 38.9. The molecule has 6 nitrogen and oxygen atoms in total. The van der Waals surface area contributed by atoms with Crippen LogP contribution < -0.4 is 5.32 Å². The summed E-state index contributed by atoms with van der Waals surface area (Å²) in [5.74, 6) is 6.44. The molecule has 0 spiro atoms. The number of benzene rings is 2. The maximum absolute atomic E-state index is 13.2. The largest absolute Gasteiger partial charge is 0.480 e. The van der Waals surface area contributed by atoms with Gasteiger partial charge in [0.1, 0.15) is 6.04 Å². The number of rotatable bonds is 10. The highest BCUT2D eigenvalue weighted by Gasteiger charge is 2.27. The third-order valence-electron chi connectivity index (χ3n) is 4.58. The van der Waals surface area contributed by atoms with Crippen molar-refractivity contribution in [1.82, 2.24) is 10.2 Å². The Hall–Kier alpha value is -2.89. The summed E-state index contributed by atoms with van der Waals surface area (Å²) < 4.78 is 0. The van der Waals surface area contributed by atoms with Crippen molar-refractivity contribution >= 4 is 41.4 Å². The van der Waals surface area contributed by atoms with E-state index in [0.29, 0.717) is 22.8 Å². The fourth-order valence-electron chi connectivity index (χ4n) is 2.85. The van der Waals surface area contributed by atoms with Crippen LogP contribution in [0.25, 0.3) is 0 Å². The first kappa shape index (κ1) is 27.4. The summed E-state index contributed by atoms with van der Waals surface area (Å²) >= 11 is 2.96. The quantitative estimate of drug-likeness (QED) is 0.471. The van der Waals surface area contributed by atoms with E-state index in [9.17, 15) is 19.5 Å². The average Bonchev–Trinajstić information content (AvgIpc) is 2.82. The zero-order valence-corrected chi connectivity index (χ0v) is 21.2. The van der Waals surface area contributed by atoms with Crippen molar-refractivity contribution in [2.75, 3.05) is 30.1 Å². The van der Waals surface area contributed by atoms with Gasteiger partial charge in [0.25, 0.3) is 5.91 Å². The molecule has 0 saturated carbocycles. The highest BCUT2D eigenvalue weighted by molar-refractivity contribution is 7.99. The van der Waals surface area contributed by atoms with Crippen LogP contribution in [0.5, 0.6) is 0 Å². The van der Waals surface area contributed by atoms with E-state index < -0.39 is 23.9 Å². The van der Waals surface area contributed by atoms with Gasteiger partial charge < -0.3 is 10.4 Å². The van der Waals surface area contributed by atoms with Crippen molar-refractivity contribution in [3.05, 3.63) is 71.3 Å². The first-order chi connectivity index (χ1) is 16.3. The number of nitrogens with zero attached hydrogens (tertiary/aromatic N) is 1. The van der Waals surface area contributed by atoms with E-state index in [4.69, 9.17) is 0 Å².